The Labute approximate surface area is 102 Å². The highest BCUT2D eigenvalue weighted by Gasteiger charge is 2.15. The molecule has 2 aromatic rings. The van der Waals surface area contributed by atoms with Gasteiger partial charge in [0.1, 0.15) is 5.82 Å². The number of H-pyrrole nitrogens is 1. The van der Waals surface area contributed by atoms with Gasteiger partial charge >= 0.3 is 0 Å². The fourth-order valence-electron chi connectivity index (χ4n) is 2.65. The van der Waals surface area contributed by atoms with E-state index in [1.165, 1.54) is 24.8 Å². The van der Waals surface area contributed by atoms with Crippen LogP contribution in [0.25, 0.3) is 11.0 Å². The Hall–Kier alpha value is -1.35. The number of imidazole rings is 1. The van der Waals surface area contributed by atoms with Crippen molar-refractivity contribution in [1.29, 1.82) is 0 Å². The zero-order valence-corrected chi connectivity index (χ0v) is 10.3. The monoisotopic (exact) mass is 229 g/mol. The van der Waals surface area contributed by atoms with Crippen LogP contribution in [0.15, 0.2) is 18.2 Å². The van der Waals surface area contributed by atoms with Crippen molar-refractivity contribution in [3.8, 4) is 0 Å². The number of para-hydroxylation sites is 1. The molecule has 90 valence electrons. The van der Waals surface area contributed by atoms with Gasteiger partial charge in [0.2, 0.25) is 0 Å². The minimum Gasteiger partial charge on any atom is -0.342 e. The van der Waals surface area contributed by atoms with Crippen LogP contribution in [0.2, 0.25) is 0 Å². The van der Waals surface area contributed by atoms with Crippen molar-refractivity contribution in [2.75, 3.05) is 6.54 Å². The predicted octanol–water partition coefficient (Wildman–Crippen LogP) is 2.56. The summed E-state index contributed by atoms with van der Waals surface area (Å²) in [7, 11) is 0. The molecule has 1 aromatic carbocycles. The van der Waals surface area contributed by atoms with E-state index in [1.54, 1.807) is 0 Å². The summed E-state index contributed by atoms with van der Waals surface area (Å²) >= 11 is 0. The van der Waals surface area contributed by atoms with E-state index in [0.29, 0.717) is 6.04 Å². The number of benzene rings is 1. The minimum atomic E-state index is 0.601. The molecule has 0 radical (unpaired) electrons. The molecule has 1 saturated heterocycles. The second-order valence-electron chi connectivity index (χ2n) is 5.01. The van der Waals surface area contributed by atoms with E-state index in [1.807, 2.05) is 0 Å². The predicted molar refractivity (Wildman–Crippen MR) is 70.2 cm³/mol. The third-order valence-electron chi connectivity index (χ3n) is 3.62. The van der Waals surface area contributed by atoms with Crippen molar-refractivity contribution in [3.05, 3.63) is 29.6 Å². The number of piperidine rings is 1. The zero-order valence-electron chi connectivity index (χ0n) is 10.3. The summed E-state index contributed by atoms with van der Waals surface area (Å²) < 4.78 is 0. The topological polar surface area (TPSA) is 40.7 Å². The Balaban J connectivity index is 1.83. The molecule has 0 aliphatic carbocycles. The first-order valence-electron chi connectivity index (χ1n) is 6.50. The molecule has 3 heteroatoms. The van der Waals surface area contributed by atoms with Gasteiger partial charge in [-0.25, -0.2) is 4.98 Å². The summed E-state index contributed by atoms with van der Waals surface area (Å²) in [4.78, 5) is 8.14. The molecule has 0 spiro atoms. The second-order valence-corrected chi connectivity index (χ2v) is 5.01. The molecular formula is C14H19N3. The lowest BCUT2D eigenvalue weighted by Gasteiger charge is -2.22. The second kappa shape index (κ2) is 4.49. The number of nitrogens with one attached hydrogen (secondary N) is 2. The van der Waals surface area contributed by atoms with Crippen LogP contribution in [0.1, 0.15) is 30.7 Å². The number of hydrogen-bond acceptors (Lipinski definition) is 2. The van der Waals surface area contributed by atoms with Crippen LogP contribution in [-0.4, -0.2) is 22.6 Å². The third-order valence-corrected chi connectivity index (χ3v) is 3.62. The van der Waals surface area contributed by atoms with E-state index < -0.39 is 0 Å². The van der Waals surface area contributed by atoms with Gasteiger partial charge < -0.3 is 10.3 Å². The van der Waals surface area contributed by atoms with E-state index in [4.69, 9.17) is 4.98 Å². The Bertz CT molecular complexity index is 509. The van der Waals surface area contributed by atoms with Crippen LogP contribution in [0.3, 0.4) is 0 Å². The fraction of sp³-hybridized carbons (Fsp3) is 0.500. The molecule has 1 aliphatic heterocycles. The zero-order chi connectivity index (χ0) is 11.7. The van der Waals surface area contributed by atoms with Crippen molar-refractivity contribution in [3.63, 3.8) is 0 Å². The summed E-state index contributed by atoms with van der Waals surface area (Å²) in [6.07, 6.45) is 4.96. The average Bonchev–Trinajstić information content (AvgIpc) is 2.74. The first kappa shape index (κ1) is 10.8. The van der Waals surface area contributed by atoms with Gasteiger partial charge in [0.25, 0.3) is 0 Å². The molecular weight excluding hydrogens is 210 g/mol. The van der Waals surface area contributed by atoms with Gasteiger partial charge in [-0.3, -0.25) is 0 Å². The first-order chi connectivity index (χ1) is 8.33. The number of aromatic amines is 1. The van der Waals surface area contributed by atoms with E-state index in [2.05, 4.69) is 35.4 Å². The summed E-state index contributed by atoms with van der Waals surface area (Å²) in [5.41, 5.74) is 3.54. The van der Waals surface area contributed by atoms with Crippen molar-refractivity contribution in [1.82, 2.24) is 15.3 Å². The largest absolute Gasteiger partial charge is 0.342 e. The van der Waals surface area contributed by atoms with Crippen LogP contribution in [0, 0.1) is 6.92 Å². The average molecular weight is 229 g/mol. The molecule has 0 saturated carbocycles. The Morgan fingerprint density at radius 3 is 3.06 bits per heavy atom. The number of fused-ring (bicyclic) bond motifs is 1. The van der Waals surface area contributed by atoms with Crippen LogP contribution in [0.4, 0.5) is 0 Å². The summed E-state index contributed by atoms with van der Waals surface area (Å²) in [5, 5.41) is 3.57. The van der Waals surface area contributed by atoms with Crippen LogP contribution in [-0.2, 0) is 6.42 Å². The number of nitrogens with zero attached hydrogens (tertiary/aromatic N) is 1. The molecule has 2 N–H and O–H groups in total. The quantitative estimate of drug-likeness (QED) is 0.831. The smallest absolute Gasteiger partial charge is 0.108 e. The van der Waals surface area contributed by atoms with Gasteiger partial charge in [-0.15, -0.1) is 0 Å². The van der Waals surface area contributed by atoms with E-state index in [-0.39, 0.29) is 0 Å². The normalized spacial score (nSPS) is 20.9. The van der Waals surface area contributed by atoms with Crippen LogP contribution >= 0.6 is 0 Å². The lowest BCUT2D eigenvalue weighted by atomic mass is 10.0. The third kappa shape index (κ3) is 2.20. The van der Waals surface area contributed by atoms with Gasteiger partial charge in [-0.05, 0) is 37.9 Å². The van der Waals surface area contributed by atoms with Crippen LogP contribution < -0.4 is 5.32 Å². The van der Waals surface area contributed by atoms with Crippen molar-refractivity contribution < 1.29 is 0 Å². The first-order valence-corrected chi connectivity index (χ1v) is 6.50. The molecule has 3 nitrogen and oxygen atoms in total. The van der Waals surface area contributed by atoms with Crippen molar-refractivity contribution >= 4 is 11.0 Å². The summed E-state index contributed by atoms with van der Waals surface area (Å²) in [5.74, 6) is 1.12. The lowest BCUT2D eigenvalue weighted by molar-refractivity contribution is 0.395. The van der Waals surface area contributed by atoms with Gasteiger partial charge in [-0.1, -0.05) is 18.6 Å². The standard InChI is InChI=1S/C14H19N3/c1-10-5-4-7-12-14(10)17-13(16-12)9-11-6-2-3-8-15-11/h4-5,7,11,15H,2-3,6,8-9H2,1H3,(H,16,17). The molecule has 1 atom stereocenters. The molecule has 3 rings (SSSR count). The lowest BCUT2D eigenvalue weighted by Crippen LogP contribution is -2.35. The number of rotatable bonds is 2. The molecule has 0 amide bonds. The summed E-state index contributed by atoms with van der Waals surface area (Å²) in [6, 6.07) is 6.90. The molecule has 1 fully saturated rings. The number of aromatic nitrogens is 2. The Kier molecular flexibility index (Phi) is 2.85. The van der Waals surface area contributed by atoms with Gasteiger partial charge in [0.05, 0.1) is 11.0 Å². The summed E-state index contributed by atoms with van der Waals surface area (Å²) in [6.45, 7) is 3.27. The Morgan fingerprint density at radius 2 is 2.29 bits per heavy atom. The highest BCUT2D eigenvalue weighted by atomic mass is 15.0. The molecule has 1 aliphatic rings. The SMILES string of the molecule is Cc1cccc2[nH]c(CC3CCCCN3)nc12. The molecule has 1 unspecified atom stereocenters. The van der Waals surface area contributed by atoms with Gasteiger partial charge in [0, 0.05) is 12.5 Å². The minimum absolute atomic E-state index is 0.601. The van der Waals surface area contributed by atoms with E-state index in [0.717, 1.165) is 29.8 Å². The maximum Gasteiger partial charge on any atom is 0.108 e. The van der Waals surface area contributed by atoms with E-state index >= 15 is 0 Å². The maximum atomic E-state index is 4.71. The number of aryl methyl sites for hydroxylation is 1. The highest BCUT2D eigenvalue weighted by Crippen LogP contribution is 2.17. The van der Waals surface area contributed by atoms with Gasteiger partial charge in [-0.2, -0.15) is 0 Å². The molecule has 17 heavy (non-hydrogen) atoms. The molecule has 2 heterocycles. The van der Waals surface area contributed by atoms with Gasteiger partial charge in [0.15, 0.2) is 0 Å². The number of hydrogen-bond donors (Lipinski definition) is 2. The molecule has 1 aromatic heterocycles. The maximum absolute atomic E-state index is 4.71. The van der Waals surface area contributed by atoms with Crippen LogP contribution in [0.5, 0.6) is 0 Å². The Morgan fingerprint density at radius 1 is 1.35 bits per heavy atom. The van der Waals surface area contributed by atoms with E-state index in [9.17, 15) is 0 Å². The van der Waals surface area contributed by atoms with Crippen molar-refractivity contribution in [2.24, 2.45) is 0 Å². The fourth-order valence-corrected chi connectivity index (χ4v) is 2.65. The highest BCUT2D eigenvalue weighted by molar-refractivity contribution is 5.78. The molecule has 0 bridgehead atoms. The van der Waals surface area contributed by atoms with Crippen molar-refractivity contribution in [2.45, 2.75) is 38.6 Å².